The number of ether oxygens (including phenoxy) is 4. The van der Waals surface area contributed by atoms with Crippen LogP contribution in [0.25, 0.3) is 0 Å². The van der Waals surface area contributed by atoms with Gasteiger partial charge in [-0.15, -0.1) is 0 Å². The van der Waals surface area contributed by atoms with Gasteiger partial charge in [0.2, 0.25) is 6.23 Å². The van der Waals surface area contributed by atoms with Gasteiger partial charge in [-0.2, -0.15) is 5.10 Å². The molecule has 1 N–H and O–H groups in total. The Morgan fingerprint density at radius 2 is 1.70 bits per heavy atom. The molecule has 3 aromatic rings. The van der Waals surface area contributed by atoms with Crippen molar-refractivity contribution in [2.24, 2.45) is 5.10 Å². The van der Waals surface area contributed by atoms with Gasteiger partial charge < -0.3 is 24.1 Å². The highest BCUT2D eigenvalue weighted by molar-refractivity contribution is 6.31. The van der Waals surface area contributed by atoms with Crippen LogP contribution in [0.15, 0.2) is 59.7 Å². The number of phenolic OH excluding ortho intramolecular Hbond substituents is 1. The maximum atomic E-state index is 10.5. The molecule has 2 heterocycles. The first kappa shape index (κ1) is 21.3. The molecule has 5 rings (SSSR count). The zero-order valence-corrected chi connectivity index (χ0v) is 19.2. The summed E-state index contributed by atoms with van der Waals surface area (Å²) < 4.78 is 23.3. The lowest BCUT2D eigenvalue weighted by Gasteiger charge is -2.39. The molecule has 0 saturated heterocycles. The van der Waals surface area contributed by atoms with Crippen molar-refractivity contribution in [2.45, 2.75) is 18.7 Å². The third-order valence-corrected chi connectivity index (χ3v) is 6.20. The first-order valence-corrected chi connectivity index (χ1v) is 10.8. The van der Waals surface area contributed by atoms with E-state index in [1.54, 1.807) is 39.5 Å². The Balaban J connectivity index is 1.68. The van der Waals surface area contributed by atoms with E-state index in [2.05, 4.69) is 0 Å². The van der Waals surface area contributed by atoms with Gasteiger partial charge in [0.25, 0.3) is 0 Å². The monoisotopic (exact) mass is 466 g/mol. The molecule has 2 atom stereocenters. The van der Waals surface area contributed by atoms with Crippen molar-refractivity contribution in [2.75, 3.05) is 21.3 Å². The lowest BCUT2D eigenvalue weighted by Crippen LogP contribution is -2.34. The summed E-state index contributed by atoms with van der Waals surface area (Å²) in [6, 6.07) is 16.3. The van der Waals surface area contributed by atoms with E-state index in [9.17, 15) is 5.11 Å². The Labute approximate surface area is 196 Å². The van der Waals surface area contributed by atoms with E-state index < -0.39 is 6.23 Å². The number of rotatable bonds is 5. The number of fused-ring (bicyclic) bond motifs is 3. The zero-order valence-electron chi connectivity index (χ0n) is 18.4. The van der Waals surface area contributed by atoms with E-state index in [1.807, 2.05) is 41.4 Å². The van der Waals surface area contributed by atoms with Crippen molar-refractivity contribution in [3.05, 3.63) is 76.3 Å². The molecule has 2 aliphatic rings. The Kier molecular flexibility index (Phi) is 5.42. The second-order valence-corrected chi connectivity index (χ2v) is 8.18. The van der Waals surface area contributed by atoms with Crippen molar-refractivity contribution in [3.8, 4) is 28.7 Å². The average Bonchev–Trinajstić information content (AvgIpc) is 3.29. The third-order valence-electron chi connectivity index (χ3n) is 5.97. The largest absolute Gasteiger partial charge is 0.507 e. The lowest BCUT2D eigenvalue weighted by atomic mass is 9.95. The molecule has 0 fully saturated rings. The number of benzene rings is 3. The molecule has 7 nitrogen and oxygen atoms in total. The Bertz CT molecular complexity index is 1250. The summed E-state index contributed by atoms with van der Waals surface area (Å²) >= 11 is 6.21. The fourth-order valence-corrected chi connectivity index (χ4v) is 4.63. The molecule has 0 saturated carbocycles. The third kappa shape index (κ3) is 3.49. The van der Waals surface area contributed by atoms with Gasteiger partial charge in [0.05, 0.1) is 38.6 Å². The first-order valence-electron chi connectivity index (χ1n) is 10.4. The summed E-state index contributed by atoms with van der Waals surface area (Å²) in [7, 11) is 4.81. The van der Waals surface area contributed by atoms with Crippen LogP contribution in [0.1, 0.15) is 35.4 Å². The van der Waals surface area contributed by atoms with Gasteiger partial charge in [-0.1, -0.05) is 29.8 Å². The molecule has 2 unspecified atom stereocenters. The van der Waals surface area contributed by atoms with Gasteiger partial charge in [-0.25, -0.2) is 5.01 Å². The molecular weight excluding hydrogens is 444 g/mol. The van der Waals surface area contributed by atoms with Crippen molar-refractivity contribution in [1.29, 1.82) is 0 Å². The van der Waals surface area contributed by atoms with Crippen LogP contribution in [0.5, 0.6) is 28.7 Å². The predicted molar refractivity (Wildman–Crippen MR) is 125 cm³/mol. The number of hydrogen-bond acceptors (Lipinski definition) is 7. The average molecular weight is 467 g/mol. The topological polar surface area (TPSA) is 72.8 Å². The fraction of sp³-hybridized carbons (Fsp3) is 0.240. The number of methoxy groups -OCH3 is 3. The maximum absolute atomic E-state index is 10.5. The summed E-state index contributed by atoms with van der Waals surface area (Å²) in [5, 5.41) is 17.8. The number of aromatic hydroxyl groups is 1. The van der Waals surface area contributed by atoms with Crippen LogP contribution in [0.2, 0.25) is 5.02 Å². The van der Waals surface area contributed by atoms with Crippen LogP contribution < -0.4 is 18.9 Å². The van der Waals surface area contributed by atoms with Crippen molar-refractivity contribution in [1.82, 2.24) is 5.01 Å². The number of hydrazone groups is 1. The standard InChI is InChI=1S/C25H23ClN2O5/c1-30-21-8-5-7-16(23(21)32-3)25-28-19(15-6-4-9-22(31-2)24(15)33-25)13-18(27-28)17-12-14(26)10-11-20(17)29/h4-12,19,25,29H,13H2,1-3H3. The minimum absolute atomic E-state index is 0.125. The van der Waals surface area contributed by atoms with Crippen molar-refractivity contribution in [3.63, 3.8) is 0 Å². The van der Waals surface area contributed by atoms with E-state index in [0.717, 1.165) is 11.1 Å². The summed E-state index contributed by atoms with van der Waals surface area (Å²) in [4.78, 5) is 0. The number of halogens is 1. The normalized spacial score (nSPS) is 18.7. The van der Waals surface area contributed by atoms with Gasteiger partial charge in [-0.3, -0.25) is 0 Å². The number of hydrogen-bond donors (Lipinski definition) is 1. The highest BCUT2D eigenvalue weighted by Crippen LogP contribution is 2.52. The van der Waals surface area contributed by atoms with E-state index in [0.29, 0.717) is 45.7 Å². The van der Waals surface area contributed by atoms with E-state index >= 15 is 0 Å². The van der Waals surface area contributed by atoms with E-state index in [4.69, 9.17) is 35.6 Å². The summed E-state index contributed by atoms with van der Waals surface area (Å²) in [5.41, 5.74) is 3.02. The first-order chi connectivity index (χ1) is 16.0. The minimum Gasteiger partial charge on any atom is -0.507 e. The summed E-state index contributed by atoms with van der Waals surface area (Å²) in [6.45, 7) is 0. The Morgan fingerprint density at radius 3 is 2.42 bits per heavy atom. The quantitative estimate of drug-likeness (QED) is 0.549. The Hall–Kier alpha value is -3.58. The maximum Gasteiger partial charge on any atom is 0.217 e. The van der Waals surface area contributed by atoms with Gasteiger partial charge in [0.1, 0.15) is 5.75 Å². The molecule has 33 heavy (non-hydrogen) atoms. The molecule has 0 radical (unpaired) electrons. The van der Waals surface area contributed by atoms with Crippen LogP contribution in [0.3, 0.4) is 0 Å². The van der Waals surface area contributed by atoms with Crippen molar-refractivity contribution >= 4 is 17.3 Å². The molecule has 8 heteroatoms. The number of nitrogens with zero attached hydrogens (tertiary/aromatic N) is 2. The number of para-hydroxylation sites is 2. The predicted octanol–water partition coefficient (Wildman–Crippen LogP) is 5.31. The highest BCUT2D eigenvalue weighted by Gasteiger charge is 2.43. The van der Waals surface area contributed by atoms with Crippen LogP contribution in [-0.4, -0.2) is 37.2 Å². The van der Waals surface area contributed by atoms with Crippen LogP contribution in [-0.2, 0) is 0 Å². The fourth-order valence-electron chi connectivity index (χ4n) is 4.46. The van der Waals surface area contributed by atoms with Gasteiger partial charge in [0, 0.05) is 22.6 Å². The smallest absolute Gasteiger partial charge is 0.217 e. The summed E-state index contributed by atoms with van der Waals surface area (Å²) in [6.07, 6.45) is -0.0529. The molecule has 0 aliphatic carbocycles. The SMILES string of the molecule is COc1cccc2c1OC(c1cccc(OC)c1OC)N1N=C(c3cc(Cl)ccc3O)CC21. The second kappa shape index (κ2) is 8.41. The van der Waals surface area contributed by atoms with E-state index in [1.165, 1.54) is 0 Å². The molecule has 0 amide bonds. The van der Waals surface area contributed by atoms with Crippen LogP contribution in [0, 0.1) is 0 Å². The highest BCUT2D eigenvalue weighted by atomic mass is 35.5. The molecule has 170 valence electrons. The molecule has 2 aliphatic heterocycles. The molecular formula is C25H23ClN2O5. The molecule has 0 aromatic heterocycles. The summed E-state index contributed by atoms with van der Waals surface area (Å²) in [5.74, 6) is 2.58. The van der Waals surface area contributed by atoms with Gasteiger partial charge in [-0.05, 0) is 36.4 Å². The van der Waals surface area contributed by atoms with Crippen LogP contribution in [0.4, 0.5) is 0 Å². The lowest BCUT2D eigenvalue weighted by molar-refractivity contribution is -0.0223. The van der Waals surface area contributed by atoms with Gasteiger partial charge in [0.15, 0.2) is 23.0 Å². The molecule has 0 spiro atoms. The number of phenols is 1. The van der Waals surface area contributed by atoms with Crippen molar-refractivity contribution < 1.29 is 24.1 Å². The second-order valence-electron chi connectivity index (χ2n) is 7.74. The molecule has 0 bridgehead atoms. The molecule has 3 aromatic carbocycles. The van der Waals surface area contributed by atoms with Gasteiger partial charge >= 0.3 is 0 Å². The van der Waals surface area contributed by atoms with E-state index in [-0.39, 0.29) is 11.8 Å². The minimum atomic E-state index is -0.609. The van der Waals surface area contributed by atoms with Crippen LogP contribution >= 0.6 is 11.6 Å². The zero-order chi connectivity index (χ0) is 23.1. The Morgan fingerprint density at radius 1 is 0.970 bits per heavy atom.